The lowest BCUT2D eigenvalue weighted by Gasteiger charge is -2.37. The Hall–Kier alpha value is -1.18. The molecule has 0 spiro atoms. The number of ether oxygens (including phenoxy) is 1. The van der Waals surface area contributed by atoms with Gasteiger partial charge in [0.1, 0.15) is 6.61 Å². The minimum absolute atomic E-state index is 0.187. The standard InChI is InChI=1S/C19H36N2O2.C18H34N2O/c1-15(2)18-7-11-21(12-8-18)19(22)14-23-13-17-5-9-20(10-6-17)16(3)4;1-14(2)17-7-11-20(12-8-17)18(21)13-16-5-9-19(10-6-16)15(3)4/h15-18H,5-14H2,1-4H3;14-17H,5-13H2,1-4H3. The number of amides is 2. The predicted octanol–water partition coefficient (Wildman–Crippen LogP) is 6.41. The van der Waals surface area contributed by atoms with Crippen molar-refractivity contribution in [3.05, 3.63) is 0 Å². The van der Waals surface area contributed by atoms with E-state index in [1.54, 1.807) is 0 Å². The van der Waals surface area contributed by atoms with Gasteiger partial charge in [0.05, 0.1) is 6.61 Å². The maximum absolute atomic E-state index is 12.5. The molecule has 0 N–H and O–H groups in total. The third kappa shape index (κ3) is 12.2. The summed E-state index contributed by atoms with van der Waals surface area (Å²) in [6.07, 6.45) is 10.3. The molecule has 0 radical (unpaired) electrons. The van der Waals surface area contributed by atoms with Crippen molar-refractivity contribution in [3.8, 4) is 0 Å². The summed E-state index contributed by atoms with van der Waals surface area (Å²) in [6.45, 7) is 27.8. The molecule has 0 unspecified atom stereocenters. The molecule has 4 saturated heterocycles. The van der Waals surface area contributed by atoms with Crippen molar-refractivity contribution in [2.75, 3.05) is 65.6 Å². The molecule has 0 saturated carbocycles. The van der Waals surface area contributed by atoms with Crippen LogP contribution in [0.3, 0.4) is 0 Å². The Balaban J connectivity index is 0.000000241. The normalized spacial score (nSPS) is 22.7. The van der Waals surface area contributed by atoms with Crippen LogP contribution in [0, 0.1) is 35.5 Å². The molecule has 7 heteroatoms. The van der Waals surface area contributed by atoms with E-state index in [0.29, 0.717) is 29.8 Å². The molecule has 4 fully saturated rings. The van der Waals surface area contributed by atoms with Crippen LogP contribution >= 0.6 is 0 Å². The van der Waals surface area contributed by atoms with Gasteiger partial charge in [0.25, 0.3) is 0 Å². The predicted molar refractivity (Wildman–Crippen MR) is 183 cm³/mol. The van der Waals surface area contributed by atoms with Gasteiger partial charge in [-0.25, -0.2) is 0 Å². The highest BCUT2D eigenvalue weighted by Gasteiger charge is 2.29. The van der Waals surface area contributed by atoms with E-state index in [4.69, 9.17) is 4.74 Å². The van der Waals surface area contributed by atoms with E-state index in [9.17, 15) is 9.59 Å². The van der Waals surface area contributed by atoms with Gasteiger partial charge in [-0.3, -0.25) is 9.59 Å². The minimum atomic E-state index is 0.187. The molecular weight excluding hydrogens is 548 g/mol. The lowest BCUT2D eigenvalue weighted by Crippen LogP contribution is -2.42. The summed E-state index contributed by atoms with van der Waals surface area (Å²) in [5, 5.41) is 0. The topological polar surface area (TPSA) is 56.3 Å². The van der Waals surface area contributed by atoms with Crippen LogP contribution in [0.5, 0.6) is 0 Å². The molecule has 256 valence electrons. The lowest BCUT2D eigenvalue weighted by atomic mass is 9.86. The second kappa shape index (κ2) is 18.8. The second-order valence-corrected chi connectivity index (χ2v) is 15.8. The first-order valence-electron chi connectivity index (χ1n) is 18.6. The largest absolute Gasteiger partial charge is 0.371 e. The fraction of sp³-hybridized carbons (Fsp3) is 0.946. The van der Waals surface area contributed by atoms with Gasteiger partial charge in [0, 0.05) is 44.7 Å². The molecule has 0 bridgehead atoms. The Morgan fingerprint density at radius 3 is 1.32 bits per heavy atom. The number of hydrogen-bond acceptors (Lipinski definition) is 5. The van der Waals surface area contributed by atoms with Gasteiger partial charge >= 0.3 is 0 Å². The quantitative estimate of drug-likeness (QED) is 0.283. The average molecular weight is 619 g/mol. The van der Waals surface area contributed by atoms with Crippen LogP contribution in [0.15, 0.2) is 0 Å². The molecule has 0 aromatic rings. The Labute approximate surface area is 271 Å². The number of piperidine rings is 4. The van der Waals surface area contributed by atoms with E-state index < -0.39 is 0 Å². The van der Waals surface area contributed by atoms with Crippen LogP contribution in [-0.2, 0) is 14.3 Å². The van der Waals surface area contributed by atoms with E-state index in [1.807, 2.05) is 4.90 Å². The summed E-state index contributed by atoms with van der Waals surface area (Å²) < 4.78 is 5.75. The number of carbonyl (C=O) groups is 2. The third-order valence-corrected chi connectivity index (χ3v) is 11.5. The van der Waals surface area contributed by atoms with Gasteiger partial charge < -0.3 is 24.3 Å². The maximum atomic E-state index is 12.5. The number of carbonyl (C=O) groups excluding carboxylic acids is 2. The zero-order valence-corrected chi connectivity index (χ0v) is 30.1. The van der Waals surface area contributed by atoms with E-state index in [0.717, 1.165) is 75.7 Å². The number of hydrogen-bond donors (Lipinski definition) is 0. The van der Waals surface area contributed by atoms with Gasteiger partial charge in [0.2, 0.25) is 11.8 Å². The van der Waals surface area contributed by atoms with Gasteiger partial charge in [-0.05, 0) is 141 Å². The number of nitrogens with zero attached hydrogens (tertiary/aromatic N) is 4. The molecule has 2 amide bonds. The number of rotatable bonds is 10. The van der Waals surface area contributed by atoms with Crippen LogP contribution in [0.25, 0.3) is 0 Å². The van der Waals surface area contributed by atoms with Crippen LogP contribution in [0.1, 0.15) is 113 Å². The zero-order chi connectivity index (χ0) is 32.2. The molecule has 0 aliphatic carbocycles. The van der Waals surface area contributed by atoms with Crippen molar-refractivity contribution >= 4 is 11.8 Å². The summed E-state index contributed by atoms with van der Waals surface area (Å²) in [5.41, 5.74) is 0. The molecule has 44 heavy (non-hydrogen) atoms. The van der Waals surface area contributed by atoms with Crippen LogP contribution in [-0.4, -0.2) is 109 Å². The van der Waals surface area contributed by atoms with E-state index in [1.165, 1.54) is 64.7 Å². The maximum Gasteiger partial charge on any atom is 0.248 e. The first kappa shape index (κ1) is 37.3. The molecule has 4 heterocycles. The summed E-state index contributed by atoms with van der Waals surface area (Å²) in [6, 6.07) is 1.30. The van der Waals surface area contributed by atoms with Gasteiger partial charge in [0.15, 0.2) is 0 Å². The summed E-state index contributed by atoms with van der Waals surface area (Å²) in [4.78, 5) is 33.9. The fourth-order valence-electron chi connectivity index (χ4n) is 7.72. The Morgan fingerprint density at radius 2 is 0.932 bits per heavy atom. The average Bonchev–Trinajstić information content (AvgIpc) is 3.02. The highest BCUT2D eigenvalue weighted by atomic mass is 16.5. The zero-order valence-electron chi connectivity index (χ0n) is 30.1. The van der Waals surface area contributed by atoms with Crippen molar-refractivity contribution in [3.63, 3.8) is 0 Å². The van der Waals surface area contributed by atoms with E-state index in [-0.39, 0.29) is 12.5 Å². The summed E-state index contributed by atoms with van der Waals surface area (Å²) in [7, 11) is 0. The van der Waals surface area contributed by atoms with Crippen molar-refractivity contribution in [2.45, 2.75) is 125 Å². The fourth-order valence-corrected chi connectivity index (χ4v) is 7.72. The van der Waals surface area contributed by atoms with Crippen LogP contribution < -0.4 is 0 Å². The smallest absolute Gasteiger partial charge is 0.248 e. The monoisotopic (exact) mass is 619 g/mol. The highest BCUT2D eigenvalue weighted by molar-refractivity contribution is 5.77. The molecule has 4 rings (SSSR count). The Kier molecular flexibility index (Phi) is 16.0. The second-order valence-electron chi connectivity index (χ2n) is 15.8. The molecule has 0 aromatic heterocycles. The van der Waals surface area contributed by atoms with Crippen LogP contribution in [0.2, 0.25) is 0 Å². The van der Waals surface area contributed by atoms with Gasteiger partial charge in [-0.1, -0.05) is 27.7 Å². The third-order valence-electron chi connectivity index (χ3n) is 11.5. The summed E-state index contributed by atoms with van der Waals surface area (Å²) in [5.74, 6) is 4.96. The molecule has 4 aliphatic rings. The SMILES string of the molecule is CC(C)C1CCN(C(=O)CC2CCN(C(C)C)CC2)CC1.CC(C)C1CCN(C(=O)COCC2CCN(C(C)C)CC2)CC1. The Bertz CT molecular complexity index is 815. The molecule has 4 aliphatic heterocycles. The van der Waals surface area contributed by atoms with Crippen LogP contribution in [0.4, 0.5) is 0 Å². The number of likely N-dealkylation sites (tertiary alicyclic amines) is 4. The van der Waals surface area contributed by atoms with Crippen molar-refractivity contribution < 1.29 is 14.3 Å². The molecule has 7 nitrogen and oxygen atoms in total. The first-order chi connectivity index (χ1) is 20.9. The van der Waals surface area contributed by atoms with Crippen molar-refractivity contribution in [1.29, 1.82) is 0 Å². The first-order valence-corrected chi connectivity index (χ1v) is 18.6. The van der Waals surface area contributed by atoms with Gasteiger partial charge in [-0.2, -0.15) is 0 Å². The molecular formula is C37H70N4O3. The highest BCUT2D eigenvalue weighted by Crippen LogP contribution is 2.28. The minimum Gasteiger partial charge on any atom is -0.371 e. The van der Waals surface area contributed by atoms with E-state index in [2.05, 4.69) is 70.1 Å². The van der Waals surface area contributed by atoms with Crippen molar-refractivity contribution in [2.24, 2.45) is 35.5 Å². The summed E-state index contributed by atoms with van der Waals surface area (Å²) >= 11 is 0. The van der Waals surface area contributed by atoms with E-state index >= 15 is 0 Å². The molecule has 0 aromatic carbocycles. The van der Waals surface area contributed by atoms with Crippen molar-refractivity contribution in [1.82, 2.24) is 19.6 Å². The lowest BCUT2D eigenvalue weighted by molar-refractivity contribution is -0.138. The Morgan fingerprint density at radius 1 is 0.545 bits per heavy atom. The van der Waals surface area contributed by atoms with Gasteiger partial charge in [-0.15, -0.1) is 0 Å². The molecule has 0 atom stereocenters.